The molecule has 0 heterocycles. The van der Waals surface area contributed by atoms with Gasteiger partial charge in [-0.3, -0.25) is 10.1 Å². The van der Waals surface area contributed by atoms with Gasteiger partial charge in [0.15, 0.2) is 0 Å². The van der Waals surface area contributed by atoms with Gasteiger partial charge in [-0.1, -0.05) is 6.07 Å². The number of aliphatic hydroxyl groups excluding tert-OH is 1. The van der Waals surface area contributed by atoms with Gasteiger partial charge in [0.25, 0.3) is 5.69 Å². The van der Waals surface area contributed by atoms with Gasteiger partial charge in [0.05, 0.1) is 10.5 Å². The van der Waals surface area contributed by atoms with E-state index in [1.54, 1.807) is 0 Å². The second-order valence-electron chi connectivity index (χ2n) is 3.27. The lowest BCUT2D eigenvalue weighted by atomic mass is 10.1. The molecule has 0 aliphatic heterocycles. The number of rotatable bonds is 6. The fraction of sp³-hybridized carbons (Fsp3) is 0.300. The van der Waals surface area contributed by atoms with Gasteiger partial charge in [-0.15, -0.1) is 0 Å². The Morgan fingerprint density at radius 1 is 1.47 bits per heavy atom. The van der Waals surface area contributed by atoms with Gasteiger partial charge in [-0.25, -0.2) is 4.79 Å². The molecule has 0 aromatic heterocycles. The Morgan fingerprint density at radius 3 is 2.71 bits per heavy atom. The Balaban J connectivity index is 3.10. The fourth-order valence-electron chi connectivity index (χ4n) is 1.35. The zero-order valence-corrected chi connectivity index (χ0v) is 8.92. The van der Waals surface area contributed by atoms with Crippen molar-refractivity contribution < 1.29 is 19.9 Å². The summed E-state index contributed by atoms with van der Waals surface area (Å²) >= 11 is 0. The summed E-state index contributed by atoms with van der Waals surface area (Å²) in [5.41, 5.74) is -0.474. The smallest absolute Gasteiger partial charge is 0.338 e. The van der Waals surface area contributed by atoms with Crippen LogP contribution in [0.1, 0.15) is 16.8 Å². The highest BCUT2D eigenvalue weighted by Crippen LogP contribution is 2.28. The number of carboxylic acid groups (broad SMARTS) is 1. The number of benzene rings is 1. The maximum Gasteiger partial charge on any atom is 0.338 e. The van der Waals surface area contributed by atoms with Crippen LogP contribution in [-0.2, 0) is 0 Å². The molecule has 0 saturated carbocycles. The Bertz CT molecular complexity index is 400. The number of hydrogen-bond acceptors (Lipinski definition) is 5. The van der Waals surface area contributed by atoms with E-state index in [1.807, 2.05) is 0 Å². The minimum atomic E-state index is -1.24. The van der Waals surface area contributed by atoms with Crippen molar-refractivity contribution in [1.82, 2.24) is 0 Å². The number of anilines is 1. The van der Waals surface area contributed by atoms with Crippen molar-refractivity contribution in [1.29, 1.82) is 0 Å². The van der Waals surface area contributed by atoms with Crippen LogP contribution < -0.4 is 5.32 Å². The van der Waals surface area contributed by atoms with Gasteiger partial charge < -0.3 is 15.5 Å². The quantitative estimate of drug-likeness (QED) is 0.389. The van der Waals surface area contributed by atoms with Crippen LogP contribution in [0.4, 0.5) is 11.4 Å². The molecule has 1 rings (SSSR count). The first kappa shape index (κ1) is 12.9. The Kier molecular flexibility index (Phi) is 4.41. The standard InChI is InChI=1S/C10H12N2O5/c13-6-2-5-11-9-7(10(14)15)3-1-4-8(9)12(16)17/h1,3-4,11,13H,2,5-6H2,(H,14,15). The molecular weight excluding hydrogens is 228 g/mol. The summed E-state index contributed by atoms with van der Waals surface area (Å²) in [6, 6.07) is 3.84. The van der Waals surface area contributed by atoms with Crippen molar-refractivity contribution in [3.63, 3.8) is 0 Å². The average Bonchev–Trinajstić information content (AvgIpc) is 2.28. The third-order valence-corrected chi connectivity index (χ3v) is 2.11. The third kappa shape index (κ3) is 3.15. The van der Waals surface area contributed by atoms with E-state index in [9.17, 15) is 14.9 Å². The molecule has 0 aliphatic carbocycles. The zero-order valence-electron chi connectivity index (χ0n) is 8.92. The molecule has 0 spiro atoms. The molecule has 0 unspecified atom stereocenters. The van der Waals surface area contributed by atoms with Crippen LogP contribution in [0.25, 0.3) is 0 Å². The Hall–Kier alpha value is -2.15. The zero-order chi connectivity index (χ0) is 12.8. The summed E-state index contributed by atoms with van der Waals surface area (Å²) in [5, 5.41) is 30.9. The Morgan fingerprint density at radius 2 is 2.18 bits per heavy atom. The van der Waals surface area contributed by atoms with Crippen LogP contribution >= 0.6 is 0 Å². The monoisotopic (exact) mass is 240 g/mol. The van der Waals surface area contributed by atoms with E-state index >= 15 is 0 Å². The number of nitrogens with one attached hydrogen (secondary N) is 1. The number of aliphatic hydroxyl groups is 1. The molecule has 0 amide bonds. The normalized spacial score (nSPS) is 9.94. The predicted octanol–water partition coefficient (Wildman–Crippen LogP) is 1.09. The summed E-state index contributed by atoms with van der Waals surface area (Å²) < 4.78 is 0. The molecule has 0 atom stereocenters. The number of nitro groups is 1. The number of carboxylic acids is 1. The fourth-order valence-corrected chi connectivity index (χ4v) is 1.35. The summed E-state index contributed by atoms with van der Waals surface area (Å²) in [7, 11) is 0. The van der Waals surface area contributed by atoms with Crippen molar-refractivity contribution in [3.8, 4) is 0 Å². The van der Waals surface area contributed by atoms with Crippen LogP contribution in [0.3, 0.4) is 0 Å². The number of nitrogens with zero attached hydrogens (tertiary/aromatic N) is 1. The second-order valence-corrected chi connectivity index (χ2v) is 3.27. The highest BCUT2D eigenvalue weighted by atomic mass is 16.6. The van der Waals surface area contributed by atoms with Gasteiger partial charge in [0, 0.05) is 19.2 Å². The van der Waals surface area contributed by atoms with Crippen LogP contribution in [0.15, 0.2) is 18.2 Å². The molecule has 0 bridgehead atoms. The maximum absolute atomic E-state index is 10.9. The number of carbonyl (C=O) groups is 1. The van der Waals surface area contributed by atoms with Crippen molar-refractivity contribution >= 4 is 17.3 Å². The molecule has 0 aliphatic rings. The van der Waals surface area contributed by atoms with Gasteiger partial charge in [-0.05, 0) is 12.5 Å². The number of nitro benzene ring substituents is 1. The first-order valence-electron chi connectivity index (χ1n) is 4.93. The van der Waals surface area contributed by atoms with Gasteiger partial charge in [0.2, 0.25) is 0 Å². The summed E-state index contributed by atoms with van der Waals surface area (Å²) in [6.07, 6.45) is 0.380. The molecule has 7 nitrogen and oxygen atoms in total. The lowest BCUT2D eigenvalue weighted by Crippen LogP contribution is -2.10. The van der Waals surface area contributed by atoms with Crippen LogP contribution in [0.2, 0.25) is 0 Å². The van der Waals surface area contributed by atoms with Crippen molar-refractivity contribution in [3.05, 3.63) is 33.9 Å². The van der Waals surface area contributed by atoms with E-state index in [0.717, 1.165) is 0 Å². The molecule has 0 radical (unpaired) electrons. The van der Waals surface area contributed by atoms with Gasteiger partial charge in [-0.2, -0.15) is 0 Å². The minimum absolute atomic E-state index is 0.0292. The number of para-hydroxylation sites is 1. The van der Waals surface area contributed by atoms with E-state index in [-0.39, 0.29) is 30.1 Å². The molecule has 1 aromatic carbocycles. The van der Waals surface area contributed by atoms with Crippen LogP contribution in [-0.4, -0.2) is 34.3 Å². The molecule has 92 valence electrons. The van der Waals surface area contributed by atoms with Crippen LogP contribution in [0.5, 0.6) is 0 Å². The molecular formula is C10H12N2O5. The van der Waals surface area contributed by atoms with E-state index in [2.05, 4.69) is 5.32 Å². The summed E-state index contributed by atoms with van der Waals surface area (Å²) in [4.78, 5) is 21.0. The minimum Gasteiger partial charge on any atom is -0.478 e. The topological polar surface area (TPSA) is 113 Å². The number of hydrogen-bond donors (Lipinski definition) is 3. The lowest BCUT2D eigenvalue weighted by molar-refractivity contribution is -0.384. The molecule has 0 fully saturated rings. The summed E-state index contributed by atoms with van der Waals surface area (Å²) in [6.45, 7) is 0.192. The SMILES string of the molecule is O=C(O)c1cccc([N+](=O)[O-])c1NCCCO. The van der Waals surface area contributed by atoms with Gasteiger partial charge >= 0.3 is 5.97 Å². The highest BCUT2D eigenvalue weighted by molar-refractivity contribution is 5.96. The Labute approximate surface area is 96.8 Å². The maximum atomic E-state index is 10.9. The van der Waals surface area contributed by atoms with E-state index < -0.39 is 10.9 Å². The third-order valence-electron chi connectivity index (χ3n) is 2.11. The first-order valence-corrected chi connectivity index (χ1v) is 4.93. The lowest BCUT2D eigenvalue weighted by Gasteiger charge is -2.09. The molecule has 0 saturated heterocycles. The highest BCUT2D eigenvalue weighted by Gasteiger charge is 2.20. The molecule has 17 heavy (non-hydrogen) atoms. The molecule has 3 N–H and O–H groups in total. The van der Waals surface area contributed by atoms with E-state index in [0.29, 0.717) is 6.42 Å². The van der Waals surface area contributed by atoms with Gasteiger partial charge in [0.1, 0.15) is 5.69 Å². The van der Waals surface area contributed by atoms with Crippen molar-refractivity contribution in [2.45, 2.75) is 6.42 Å². The largest absolute Gasteiger partial charge is 0.478 e. The van der Waals surface area contributed by atoms with E-state index in [4.69, 9.17) is 10.2 Å². The molecule has 7 heteroatoms. The second kappa shape index (κ2) is 5.80. The van der Waals surface area contributed by atoms with Crippen LogP contribution in [0, 0.1) is 10.1 Å². The van der Waals surface area contributed by atoms with Crippen molar-refractivity contribution in [2.75, 3.05) is 18.5 Å². The first-order chi connectivity index (χ1) is 8.07. The van der Waals surface area contributed by atoms with Crippen molar-refractivity contribution in [2.24, 2.45) is 0 Å². The summed E-state index contributed by atoms with van der Waals surface area (Å²) in [5.74, 6) is -1.24. The average molecular weight is 240 g/mol. The van der Waals surface area contributed by atoms with E-state index in [1.165, 1.54) is 18.2 Å². The number of aromatic carboxylic acids is 1. The molecule has 1 aromatic rings. The predicted molar refractivity (Wildman–Crippen MR) is 60.2 cm³/mol.